The molecule has 18 heavy (non-hydrogen) atoms. The Balaban J connectivity index is 0.00000162. The summed E-state index contributed by atoms with van der Waals surface area (Å²) in [6.07, 6.45) is 0.662. The van der Waals surface area contributed by atoms with Gasteiger partial charge < -0.3 is 4.90 Å². The molecule has 1 N–H and O–H groups in total. The first kappa shape index (κ1) is 16.0. The van der Waals surface area contributed by atoms with Crippen LogP contribution in [-0.4, -0.2) is 53.4 Å². The Hall–Kier alpha value is -0.0700. The van der Waals surface area contributed by atoms with Gasteiger partial charge in [0.15, 0.2) is 0 Å². The van der Waals surface area contributed by atoms with Crippen LogP contribution < -0.4 is 5.32 Å². The fourth-order valence-electron chi connectivity index (χ4n) is 2.28. The molecule has 0 aliphatic carbocycles. The van der Waals surface area contributed by atoms with Crippen molar-refractivity contribution in [2.75, 3.05) is 25.4 Å². The van der Waals surface area contributed by atoms with Crippen molar-refractivity contribution in [1.82, 2.24) is 10.2 Å². The van der Waals surface area contributed by atoms with Gasteiger partial charge in [-0.3, -0.25) is 10.1 Å². The molecular formula is C11H19ClF2N2OS. The van der Waals surface area contributed by atoms with Gasteiger partial charge in [-0.2, -0.15) is 11.8 Å². The first-order valence-electron chi connectivity index (χ1n) is 6.03. The number of alkyl halides is 2. The summed E-state index contributed by atoms with van der Waals surface area (Å²) in [5, 5.41) is 3.08. The van der Waals surface area contributed by atoms with E-state index in [2.05, 4.69) is 12.2 Å². The van der Waals surface area contributed by atoms with Crippen LogP contribution in [0.4, 0.5) is 8.78 Å². The molecule has 2 unspecified atom stereocenters. The van der Waals surface area contributed by atoms with Crippen molar-refractivity contribution in [2.24, 2.45) is 0 Å². The number of nitrogens with one attached hydrogen (secondary N) is 1. The zero-order valence-electron chi connectivity index (χ0n) is 10.3. The molecule has 2 aliphatic rings. The van der Waals surface area contributed by atoms with Gasteiger partial charge in [-0.15, -0.1) is 12.4 Å². The third kappa shape index (κ3) is 3.71. The molecule has 2 aliphatic heterocycles. The normalized spacial score (nSPS) is 30.9. The minimum absolute atomic E-state index is 0. The summed E-state index contributed by atoms with van der Waals surface area (Å²) in [4.78, 5) is 13.8. The third-order valence-corrected chi connectivity index (χ3v) is 4.69. The van der Waals surface area contributed by atoms with E-state index >= 15 is 0 Å². The molecule has 1 amide bonds. The summed E-state index contributed by atoms with van der Waals surface area (Å²) in [6, 6.07) is -0.689. The van der Waals surface area contributed by atoms with E-state index in [4.69, 9.17) is 0 Å². The van der Waals surface area contributed by atoms with Crippen molar-refractivity contribution in [2.45, 2.75) is 37.0 Å². The molecule has 0 radical (unpaired) electrons. The zero-order chi connectivity index (χ0) is 12.5. The highest BCUT2D eigenvalue weighted by atomic mass is 35.5. The van der Waals surface area contributed by atoms with Crippen molar-refractivity contribution in [3.05, 3.63) is 0 Å². The fourth-order valence-corrected chi connectivity index (χ4v) is 3.46. The highest BCUT2D eigenvalue weighted by molar-refractivity contribution is 8.00. The molecule has 0 aromatic heterocycles. The Kier molecular flexibility index (Phi) is 5.67. The highest BCUT2D eigenvalue weighted by Gasteiger charge is 2.43. The number of halogens is 3. The van der Waals surface area contributed by atoms with Gasteiger partial charge in [0.2, 0.25) is 5.91 Å². The van der Waals surface area contributed by atoms with Crippen LogP contribution in [0.5, 0.6) is 0 Å². The van der Waals surface area contributed by atoms with Gasteiger partial charge in [0.05, 0.1) is 12.6 Å². The smallest absolute Gasteiger partial charge is 0.262 e. The minimum Gasteiger partial charge on any atom is -0.339 e. The van der Waals surface area contributed by atoms with E-state index < -0.39 is 12.0 Å². The average molecular weight is 301 g/mol. The van der Waals surface area contributed by atoms with Crippen LogP contribution >= 0.6 is 24.2 Å². The minimum atomic E-state index is -2.73. The molecule has 0 saturated carbocycles. The summed E-state index contributed by atoms with van der Waals surface area (Å²) in [6.45, 7) is 3.10. The van der Waals surface area contributed by atoms with Crippen molar-refractivity contribution in [3.8, 4) is 0 Å². The molecule has 2 heterocycles. The van der Waals surface area contributed by atoms with Gasteiger partial charge >= 0.3 is 0 Å². The van der Waals surface area contributed by atoms with Crippen molar-refractivity contribution >= 4 is 30.1 Å². The number of carbonyl (C=O) groups is 1. The number of amides is 1. The lowest BCUT2D eigenvalue weighted by molar-refractivity contribution is -0.133. The average Bonchev–Trinajstić information content (AvgIpc) is 2.69. The van der Waals surface area contributed by atoms with Crippen LogP contribution in [0, 0.1) is 0 Å². The molecule has 106 valence electrons. The Morgan fingerprint density at radius 2 is 2.28 bits per heavy atom. The van der Waals surface area contributed by atoms with E-state index in [0.29, 0.717) is 18.3 Å². The van der Waals surface area contributed by atoms with E-state index in [0.717, 1.165) is 12.2 Å². The quantitative estimate of drug-likeness (QED) is 0.843. The number of hydrogen-bond donors (Lipinski definition) is 1. The maximum Gasteiger partial charge on any atom is 0.262 e. The lowest BCUT2D eigenvalue weighted by Crippen LogP contribution is -2.49. The number of nitrogens with zero attached hydrogens (tertiary/aromatic N) is 1. The van der Waals surface area contributed by atoms with Gasteiger partial charge in [-0.05, 0) is 6.42 Å². The number of carbonyl (C=O) groups excluding carboxylic acids is 1. The van der Waals surface area contributed by atoms with Gasteiger partial charge in [-0.1, -0.05) is 6.92 Å². The van der Waals surface area contributed by atoms with Crippen molar-refractivity contribution < 1.29 is 13.6 Å². The van der Waals surface area contributed by atoms with Crippen LogP contribution in [0.1, 0.15) is 19.8 Å². The molecule has 2 atom stereocenters. The zero-order valence-corrected chi connectivity index (χ0v) is 12.0. The lowest BCUT2D eigenvalue weighted by Gasteiger charge is -2.33. The monoisotopic (exact) mass is 300 g/mol. The van der Waals surface area contributed by atoms with Crippen molar-refractivity contribution in [1.29, 1.82) is 0 Å². The third-order valence-electron chi connectivity index (χ3n) is 3.31. The lowest BCUT2D eigenvalue weighted by atomic mass is 10.1. The summed E-state index contributed by atoms with van der Waals surface area (Å²) >= 11 is 1.86. The standard InChI is InChI=1S/C11H18F2N2OS.ClH/c1-2-8-6-15(3-4-17-8)10(16)9-5-11(12,13)7-14-9;/h8-9,14H,2-7H2,1H3;1H. The van der Waals surface area contributed by atoms with Gasteiger partial charge in [0, 0.05) is 30.5 Å². The Bertz CT molecular complexity index is 307. The second-order valence-corrected chi connectivity index (χ2v) is 6.09. The van der Waals surface area contributed by atoms with Gasteiger partial charge in [0.1, 0.15) is 0 Å². The molecule has 0 spiro atoms. The van der Waals surface area contributed by atoms with E-state index in [1.165, 1.54) is 0 Å². The van der Waals surface area contributed by atoms with E-state index in [-0.39, 0.29) is 31.3 Å². The molecule has 3 nitrogen and oxygen atoms in total. The summed E-state index contributed by atoms with van der Waals surface area (Å²) in [5.41, 5.74) is 0. The van der Waals surface area contributed by atoms with E-state index in [1.54, 1.807) is 4.90 Å². The van der Waals surface area contributed by atoms with Gasteiger partial charge in [0.25, 0.3) is 5.92 Å². The predicted octanol–water partition coefficient (Wildman–Crippen LogP) is 1.76. The Labute approximate surface area is 116 Å². The molecule has 0 aromatic rings. The largest absolute Gasteiger partial charge is 0.339 e. The molecule has 2 rings (SSSR count). The first-order chi connectivity index (χ1) is 8.02. The first-order valence-corrected chi connectivity index (χ1v) is 7.08. The van der Waals surface area contributed by atoms with Crippen LogP contribution in [-0.2, 0) is 4.79 Å². The molecular weight excluding hydrogens is 282 g/mol. The van der Waals surface area contributed by atoms with Crippen LogP contribution in [0.3, 0.4) is 0 Å². The summed E-state index contributed by atoms with van der Waals surface area (Å²) in [7, 11) is 0. The fraction of sp³-hybridized carbons (Fsp3) is 0.909. The second kappa shape index (κ2) is 6.39. The van der Waals surface area contributed by atoms with Gasteiger partial charge in [-0.25, -0.2) is 8.78 Å². The van der Waals surface area contributed by atoms with E-state index in [1.807, 2.05) is 11.8 Å². The van der Waals surface area contributed by atoms with E-state index in [9.17, 15) is 13.6 Å². The Morgan fingerprint density at radius 3 is 2.83 bits per heavy atom. The number of thioether (sulfide) groups is 1. The van der Waals surface area contributed by atoms with Crippen LogP contribution in [0.25, 0.3) is 0 Å². The predicted molar refractivity (Wildman–Crippen MR) is 71.7 cm³/mol. The van der Waals surface area contributed by atoms with Crippen molar-refractivity contribution in [3.63, 3.8) is 0 Å². The molecule has 0 aromatic carbocycles. The number of hydrogen-bond acceptors (Lipinski definition) is 3. The molecule has 0 bridgehead atoms. The maximum absolute atomic E-state index is 13.0. The maximum atomic E-state index is 13.0. The molecule has 7 heteroatoms. The molecule has 2 fully saturated rings. The second-order valence-electron chi connectivity index (χ2n) is 4.68. The highest BCUT2D eigenvalue weighted by Crippen LogP contribution is 2.27. The molecule has 2 saturated heterocycles. The Morgan fingerprint density at radius 1 is 1.56 bits per heavy atom. The van der Waals surface area contributed by atoms with Crippen LogP contribution in [0.2, 0.25) is 0 Å². The topological polar surface area (TPSA) is 32.3 Å². The van der Waals surface area contributed by atoms with Crippen LogP contribution in [0.15, 0.2) is 0 Å². The number of rotatable bonds is 2. The SMILES string of the molecule is CCC1CN(C(=O)C2CC(F)(F)CN2)CCS1.Cl. The summed E-state index contributed by atoms with van der Waals surface area (Å²) < 4.78 is 26.1. The summed E-state index contributed by atoms with van der Waals surface area (Å²) in [5.74, 6) is -1.97.